The third-order valence-electron chi connectivity index (χ3n) is 5.87. The van der Waals surface area contributed by atoms with Crippen molar-refractivity contribution in [1.82, 2.24) is 19.7 Å². The molecule has 1 aliphatic heterocycles. The van der Waals surface area contributed by atoms with Crippen LogP contribution >= 0.6 is 0 Å². The van der Waals surface area contributed by atoms with Crippen LogP contribution in [-0.2, 0) is 4.74 Å². The maximum absolute atomic E-state index is 13.8. The Morgan fingerprint density at radius 2 is 2.19 bits per heavy atom. The first kappa shape index (κ1) is 16.9. The lowest BCUT2D eigenvalue weighted by Crippen LogP contribution is -2.16. The summed E-state index contributed by atoms with van der Waals surface area (Å²) in [5.41, 5.74) is 4.68. The highest BCUT2D eigenvalue weighted by Crippen LogP contribution is 2.43. The van der Waals surface area contributed by atoms with Crippen LogP contribution < -0.4 is 0 Å². The zero-order valence-corrected chi connectivity index (χ0v) is 15.2. The lowest BCUT2D eigenvalue weighted by Gasteiger charge is -2.17. The normalized spacial score (nSPS) is 24.9. The predicted octanol–water partition coefficient (Wildman–Crippen LogP) is 4.60. The summed E-state index contributed by atoms with van der Waals surface area (Å²) in [5.74, 6) is -2.38. The highest BCUT2D eigenvalue weighted by molar-refractivity contribution is 5.83. The van der Waals surface area contributed by atoms with Crippen LogP contribution in [0.4, 0.5) is 8.78 Å². The molecule has 0 radical (unpaired) electrons. The Morgan fingerprint density at radius 1 is 1.30 bits per heavy atom. The van der Waals surface area contributed by atoms with Gasteiger partial charge in [0.1, 0.15) is 5.65 Å². The van der Waals surface area contributed by atoms with Crippen molar-refractivity contribution in [2.45, 2.75) is 50.5 Å². The van der Waals surface area contributed by atoms with E-state index in [1.807, 2.05) is 23.9 Å². The van der Waals surface area contributed by atoms with E-state index in [2.05, 4.69) is 16.0 Å². The third kappa shape index (κ3) is 2.94. The first-order chi connectivity index (χ1) is 13.0. The molecular weight excluding hydrogens is 350 g/mol. The van der Waals surface area contributed by atoms with E-state index in [4.69, 9.17) is 9.84 Å². The highest BCUT2D eigenvalue weighted by Gasteiger charge is 2.42. The van der Waals surface area contributed by atoms with Gasteiger partial charge in [-0.3, -0.25) is 4.68 Å². The summed E-state index contributed by atoms with van der Waals surface area (Å²) in [4.78, 5) is 7.63. The van der Waals surface area contributed by atoms with E-state index >= 15 is 0 Å². The van der Waals surface area contributed by atoms with Crippen LogP contribution in [-0.4, -0.2) is 38.9 Å². The number of nitrogens with one attached hydrogen (secondary N) is 1. The van der Waals surface area contributed by atoms with E-state index in [0.717, 1.165) is 40.0 Å². The Bertz CT molecular complexity index is 987. The molecule has 2 fully saturated rings. The molecule has 142 valence electrons. The maximum Gasteiger partial charge on any atom is 0.250 e. The van der Waals surface area contributed by atoms with Crippen molar-refractivity contribution in [2.75, 3.05) is 13.2 Å². The van der Waals surface area contributed by atoms with Crippen LogP contribution in [0.3, 0.4) is 0 Å². The average molecular weight is 372 g/mol. The number of alkyl halides is 2. The Balaban J connectivity index is 1.58. The van der Waals surface area contributed by atoms with E-state index in [1.165, 1.54) is 0 Å². The summed E-state index contributed by atoms with van der Waals surface area (Å²) in [7, 11) is 0. The SMILES string of the molecule is Cc1c[nH]c2ncc(-c3cc([C@H]4CCOC4)n([C@@H]4CCC(F)(F)C4)n3)cc12. The molecule has 5 nitrogen and oxygen atoms in total. The average Bonchev–Trinajstić information content (AvgIpc) is 3.40. The van der Waals surface area contributed by atoms with Crippen molar-refractivity contribution in [3.05, 3.63) is 35.8 Å². The summed E-state index contributed by atoms with van der Waals surface area (Å²) < 4.78 is 35.0. The van der Waals surface area contributed by atoms with Crippen LogP contribution in [0.1, 0.15) is 48.9 Å². The molecule has 0 unspecified atom stereocenters. The minimum absolute atomic E-state index is 0.0659. The lowest BCUT2D eigenvalue weighted by atomic mass is 10.0. The number of aromatic amines is 1. The molecule has 0 aromatic carbocycles. The largest absolute Gasteiger partial charge is 0.381 e. The molecule has 2 aliphatic rings. The molecule has 27 heavy (non-hydrogen) atoms. The van der Waals surface area contributed by atoms with Gasteiger partial charge in [0.25, 0.3) is 0 Å². The molecule has 1 saturated heterocycles. The Kier molecular flexibility index (Phi) is 3.82. The second-order valence-corrected chi connectivity index (χ2v) is 7.80. The summed E-state index contributed by atoms with van der Waals surface area (Å²) >= 11 is 0. The topological polar surface area (TPSA) is 55.7 Å². The fraction of sp³-hybridized carbons (Fsp3) is 0.500. The zero-order valence-electron chi connectivity index (χ0n) is 15.2. The van der Waals surface area contributed by atoms with Crippen molar-refractivity contribution >= 4 is 11.0 Å². The second kappa shape index (κ2) is 6.12. The van der Waals surface area contributed by atoms with Crippen molar-refractivity contribution in [1.29, 1.82) is 0 Å². The molecule has 5 rings (SSSR count). The first-order valence-corrected chi connectivity index (χ1v) is 9.49. The van der Waals surface area contributed by atoms with Crippen molar-refractivity contribution in [3.63, 3.8) is 0 Å². The van der Waals surface area contributed by atoms with E-state index in [0.29, 0.717) is 19.6 Å². The predicted molar refractivity (Wildman–Crippen MR) is 98.1 cm³/mol. The Labute approximate surface area is 155 Å². The van der Waals surface area contributed by atoms with Gasteiger partial charge in [0.05, 0.1) is 18.3 Å². The van der Waals surface area contributed by atoms with Crippen molar-refractivity contribution in [3.8, 4) is 11.3 Å². The third-order valence-corrected chi connectivity index (χ3v) is 5.87. The van der Waals surface area contributed by atoms with Crippen molar-refractivity contribution in [2.24, 2.45) is 0 Å². The fourth-order valence-electron chi connectivity index (χ4n) is 4.33. The summed E-state index contributed by atoms with van der Waals surface area (Å²) in [5, 5.41) is 5.83. The molecule has 0 spiro atoms. The van der Waals surface area contributed by atoms with Gasteiger partial charge in [-0.1, -0.05) is 0 Å². The second-order valence-electron chi connectivity index (χ2n) is 7.80. The first-order valence-electron chi connectivity index (χ1n) is 9.49. The van der Waals surface area contributed by atoms with Crippen molar-refractivity contribution < 1.29 is 13.5 Å². The molecule has 3 aromatic heterocycles. The number of aromatic nitrogens is 4. The zero-order chi connectivity index (χ0) is 18.6. The molecule has 3 aromatic rings. The number of pyridine rings is 1. The fourth-order valence-corrected chi connectivity index (χ4v) is 4.33. The van der Waals surface area contributed by atoms with Crippen LogP contribution in [0.25, 0.3) is 22.3 Å². The van der Waals surface area contributed by atoms with E-state index in [9.17, 15) is 8.78 Å². The van der Waals surface area contributed by atoms with Crippen LogP contribution in [0, 0.1) is 6.92 Å². The molecule has 7 heteroatoms. The minimum Gasteiger partial charge on any atom is -0.381 e. The standard InChI is InChI=1S/C20H22F2N4O/c1-12-9-23-19-16(12)6-14(10-24-19)17-7-18(13-3-5-27-11-13)26(25-17)15-2-4-20(21,22)8-15/h6-7,9-10,13,15H,2-5,8,11H2,1H3,(H,23,24)/t13-,15+/m0/s1. The number of aryl methyl sites for hydroxylation is 1. The van der Waals surface area contributed by atoms with Gasteiger partial charge < -0.3 is 9.72 Å². The molecule has 0 bridgehead atoms. The molecule has 1 aliphatic carbocycles. The molecule has 2 atom stereocenters. The smallest absolute Gasteiger partial charge is 0.250 e. The number of fused-ring (bicyclic) bond motifs is 1. The van der Waals surface area contributed by atoms with Crippen LogP contribution in [0.15, 0.2) is 24.5 Å². The van der Waals surface area contributed by atoms with Gasteiger partial charge in [-0.25, -0.2) is 13.8 Å². The quantitative estimate of drug-likeness (QED) is 0.731. The molecule has 1 saturated carbocycles. The summed E-state index contributed by atoms with van der Waals surface area (Å²) in [6.45, 7) is 3.37. The lowest BCUT2D eigenvalue weighted by molar-refractivity contribution is 0.00505. The van der Waals surface area contributed by atoms with E-state index < -0.39 is 5.92 Å². The molecular formula is C20H22F2N4O. The number of ether oxygens (including phenoxy) is 1. The van der Waals surface area contributed by atoms with E-state index in [-0.39, 0.29) is 24.8 Å². The van der Waals surface area contributed by atoms with Gasteiger partial charge in [0, 0.05) is 54.4 Å². The maximum atomic E-state index is 13.8. The van der Waals surface area contributed by atoms with Gasteiger partial charge >= 0.3 is 0 Å². The van der Waals surface area contributed by atoms with E-state index in [1.54, 1.807) is 6.20 Å². The monoisotopic (exact) mass is 372 g/mol. The number of nitrogens with zero attached hydrogens (tertiary/aromatic N) is 3. The highest BCUT2D eigenvalue weighted by atomic mass is 19.3. The minimum atomic E-state index is -2.59. The summed E-state index contributed by atoms with van der Waals surface area (Å²) in [6.07, 6.45) is 4.89. The molecule has 4 heterocycles. The number of H-pyrrole nitrogens is 1. The van der Waals surface area contributed by atoms with Gasteiger partial charge in [-0.05, 0) is 37.5 Å². The van der Waals surface area contributed by atoms with Gasteiger partial charge in [-0.2, -0.15) is 5.10 Å². The number of hydrogen-bond donors (Lipinski definition) is 1. The number of halogens is 2. The molecule has 1 N–H and O–H groups in total. The Hall–Kier alpha value is -2.28. The number of rotatable bonds is 3. The molecule has 0 amide bonds. The van der Waals surface area contributed by atoms with Crippen LogP contribution in [0.2, 0.25) is 0 Å². The number of hydrogen-bond acceptors (Lipinski definition) is 3. The Morgan fingerprint density at radius 3 is 2.93 bits per heavy atom. The van der Waals surface area contributed by atoms with Gasteiger partial charge in [-0.15, -0.1) is 0 Å². The summed E-state index contributed by atoms with van der Waals surface area (Å²) in [6, 6.07) is 3.86. The van der Waals surface area contributed by atoms with Gasteiger partial charge in [0.2, 0.25) is 5.92 Å². The van der Waals surface area contributed by atoms with Crippen LogP contribution in [0.5, 0.6) is 0 Å². The van der Waals surface area contributed by atoms with Gasteiger partial charge in [0.15, 0.2) is 0 Å².